The molecule has 0 aromatic carbocycles. The Kier molecular flexibility index (Phi) is 6.42. The second-order valence-electron chi connectivity index (χ2n) is 6.84. The van der Waals surface area contributed by atoms with Crippen molar-refractivity contribution in [2.24, 2.45) is 5.92 Å². The van der Waals surface area contributed by atoms with E-state index in [4.69, 9.17) is 5.11 Å². The van der Waals surface area contributed by atoms with E-state index in [0.29, 0.717) is 19.4 Å². The van der Waals surface area contributed by atoms with Crippen molar-refractivity contribution in [3.63, 3.8) is 0 Å². The summed E-state index contributed by atoms with van der Waals surface area (Å²) in [6, 6.07) is -0.0759. The fourth-order valence-electron chi connectivity index (χ4n) is 3.55. The first-order valence-corrected chi connectivity index (χ1v) is 8.74. The minimum atomic E-state index is -0.988. The quantitative estimate of drug-likeness (QED) is 0.809. The molecule has 1 aliphatic heterocycles. The zero-order valence-electron chi connectivity index (χ0n) is 14.0. The Hall–Kier alpha value is -1.59. The molecule has 130 valence electrons. The van der Waals surface area contributed by atoms with Crippen molar-refractivity contribution in [1.82, 2.24) is 9.80 Å². The van der Waals surface area contributed by atoms with Crippen LogP contribution in [0.15, 0.2) is 0 Å². The maximum Gasteiger partial charge on any atom is 0.323 e. The van der Waals surface area contributed by atoms with E-state index < -0.39 is 5.97 Å². The van der Waals surface area contributed by atoms with Gasteiger partial charge in [-0.15, -0.1) is 0 Å². The van der Waals surface area contributed by atoms with E-state index in [1.165, 1.54) is 31.1 Å². The lowest BCUT2D eigenvalue weighted by molar-refractivity contribution is -0.145. The maximum atomic E-state index is 12.3. The number of carboxylic acids is 1. The molecule has 0 radical (unpaired) electrons. The molecule has 2 rings (SSSR count). The highest BCUT2D eigenvalue weighted by Crippen LogP contribution is 2.30. The van der Waals surface area contributed by atoms with Crippen LogP contribution in [0.25, 0.3) is 0 Å². The number of likely N-dealkylation sites (tertiary alicyclic amines) is 1. The van der Waals surface area contributed by atoms with Crippen LogP contribution in [0.4, 0.5) is 0 Å². The fourth-order valence-corrected chi connectivity index (χ4v) is 3.55. The van der Waals surface area contributed by atoms with Crippen LogP contribution in [0.3, 0.4) is 0 Å². The zero-order chi connectivity index (χ0) is 16.8. The van der Waals surface area contributed by atoms with Gasteiger partial charge < -0.3 is 14.9 Å². The van der Waals surface area contributed by atoms with Crippen LogP contribution >= 0.6 is 0 Å². The maximum absolute atomic E-state index is 12.3. The number of carboxylic acid groups (broad SMARTS) is 1. The van der Waals surface area contributed by atoms with Gasteiger partial charge >= 0.3 is 5.97 Å². The summed E-state index contributed by atoms with van der Waals surface area (Å²) in [4.78, 5) is 38.3. The largest absolute Gasteiger partial charge is 0.480 e. The summed E-state index contributed by atoms with van der Waals surface area (Å²) >= 11 is 0. The van der Waals surface area contributed by atoms with Crippen LogP contribution in [0, 0.1) is 5.92 Å². The van der Waals surface area contributed by atoms with Gasteiger partial charge in [-0.3, -0.25) is 14.4 Å². The van der Waals surface area contributed by atoms with Crippen LogP contribution in [0.5, 0.6) is 0 Å². The fraction of sp³-hybridized carbons (Fsp3) is 0.824. The lowest BCUT2D eigenvalue weighted by Gasteiger charge is -2.29. The Balaban J connectivity index is 1.83. The predicted octanol–water partition coefficient (Wildman–Crippen LogP) is 1.88. The molecule has 1 unspecified atom stereocenters. The van der Waals surface area contributed by atoms with E-state index in [1.807, 2.05) is 4.90 Å². The first-order chi connectivity index (χ1) is 11.0. The van der Waals surface area contributed by atoms with Crippen molar-refractivity contribution in [2.75, 3.05) is 19.6 Å². The number of hydrogen-bond donors (Lipinski definition) is 1. The van der Waals surface area contributed by atoms with E-state index >= 15 is 0 Å². The molecule has 0 spiro atoms. The zero-order valence-corrected chi connectivity index (χ0v) is 14.0. The van der Waals surface area contributed by atoms with Gasteiger partial charge in [0.2, 0.25) is 11.8 Å². The minimum absolute atomic E-state index is 0.0759. The second kappa shape index (κ2) is 8.31. The average molecular weight is 324 g/mol. The van der Waals surface area contributed by atoms with Crippen molar-refractivity contribution in [1.29, 1.82) is 0 Å². The monoisotopic (exact) mass is 324 g/mol. The topological polar surface area (TPSA) is 77.9 Å². The number of hydrogen-bond acceptors (Lipinski definition) is 3. The van der Waals surface area contributed by atoms with Crippen molar-refractivity contribution >= 4 is 17.8 Å². The van der Waals surface area contributed by atoms with Gasteiger partial charge in [0.15, 0.2) is 0 Å². The highest BCUT2D eigenvalue weighted by molar-refractivity contribution is 5.80. The van der Waals surface area contributed by atoms with Crippen LogP contribution in [-0.2, 0) is 14.4 Å². The van der Waals surface area contributed by atoms with Gasteiger partial charge in [-0.1, -0.05) is 19.3 Å². The van der Waals surface area contributed by atoms with Crippen molar-refractivity contribution in [3.8, 4) is 0 Å². The molecular formula is C17H28N2O4. The third-order valence-electron chi connectivity index (χ3n) is 5.19. The summed E-state index contributed by atoms with van der Waals surface area (Å²) in [5.41, 5.74) is 0. The summed E-state index contributed by atoms with van der Waals surface area (Å²) in [5, 5.41) is 8.97. The number of carbonyl (C=O) groups excluding carboxylic acids is 2. The Morgan fingerprint density at radius 3 is 2.39 bits per heavy atom. The Labute approximate surface area is 137 Å². The van der Waals surface area contributed by atoms with Gasteiger partial charge in [0.05, 0.1) is 0 Å². The van der Waals surface area contributed by atoms with E-state index in [0.717, 1.165) is 31.7 Å². The predicted molar refractivity (Wildman–Crippen MR) is 85.8 cm³/mol. The normalized spacial score (nSPS) is 22.1. The van der Waals surface area contributed by atoms with Gasteiger partial charge in [0, 0.05) is 32.5 Å². The van der Waals surface area contributed by atoms with Crippen LogP contribution in [-0.4, -0.2) is 58.4 Å². The van der Waals surface area contributed by atoms with Gasteiger partial charge in [-0.05, 0) is 31.6 Å². The van der Waals surface area contributed by atoms with Crippen molar-refractivity contribution < 1.29 is 19.5 Å². The van der Waals surface area contributed by atoms with E-state index in [2.05, 4.69) is 0 Å². The van der Waals surface area contributed by atoms with Gasteiger partial charge in [0.25, 0.3) is 0 Å². The molecule has 1 saturated heterocycles. The Morgan fingerprint density at radius 2 is 1.83 bits per heavy atom. The lowest BCUT2D eigenvalue weighted by Crippen LogP contribution is -2.43. The highest BCUT2D eigenvalue weighted by atomic mass is 16.4. The summed E-state index contributed by atoms with van der Waals surface area (Å²) in [7, 11) is 0. The molecule has 2 aliphatic rings. The van der Waals surface area contributed by atoms with Crippen LogP contribution < -0.4 is 0 Å². The summed E-state index contributed by atoms with van der Waals surface area (Å²) in [6.45, 7) is 2.50. The molecule has 1 N–H and O–H groups in total. The standard InChI is InChI=1S/C17H28N2O4/c1-13(20)19(12-17(22)23)15-6-3-10-18(11-9-15)16(21)8-7-14-4-2-5-14/h14-15H,2-12H2,1H3,(H,22,23). The molecule has 2 amide bonds. The average Bonchev–Trinajstić information content (AvgIpc) is 2.68. The van der Waals surface area contributed by atoms with Crippen molar-refractivity contribution in [3.05, 3.63) is 0 Å². The van der Waals surface area contributed by atoms with Crippen LogP contribution in [0.1, 0.15) is 58.3 Å². The van der Waals surface area contributed by atoms with Crippen molar-refractivity contribution in [2.45, 2.75) is 64.3 Å². The third-order valence-corrected chi connectivity index (χ3v) is 5.19. The number of aliphatic carboxylic acids is 1. The van der Waals surface area contributed by atoms with E-state index in [1.54, 1.807) is 0 Å². The molecule has 1 heterocycles. The molecule has 2 fully saturated rings. The first-order valence-electron chi connectivity index (χ1n) is 8.74. The Morgan fingerprint density at radius 1 is 1.09 bits per heavy atom. The molecule has 0 bridgehead atoms. The number of rotatable bonds is 6. The highest BCUT2D eigenvalue weighted by Gasteiger charge is 2.28. The van der Waals surface area contributed by atoms with Crippen LogP contribution in [0.2, 0.25) is 0 Å². The molecule has 1 aliphatic carbocycles. The number of nitrogens with zero attached hydrogens (tertiary/aromatic N) is 2. The van der Waals surface area contributed by atoms with Gasteiger partial charge in [-0.2, -0.15) is 0 Å². The molecule has 0 aromatic heterocycles. The molecule has 0 aromatic rings. The van der Waals surface area contributed by atoms with E-state index in [9.17, 15) is 14.4 Å². The molecular weight excluding hydrogens is 296 g/mol. The third kappa shape index (κ3) is 5.22. The smallest absolute Gasteiger partial charge is 0.323 e. The van der Waals surface area contributed by atoms with Gasteiger partial charge in [0.1, 0.15) is 6.54 Å². The molecule has 6 heteroatoms. The summed E-state index contributed by atoms with van der Waals surface area (Å²) in [6.07, 6.45) is 7.70. The molecule has 1 saturated carbocycles. The number of amides is 2. The lowest BCUT2D eigenvalue weighted by atomic mass is 9.82. The minimum Gasteiger partial charge on any atom is -0.480 e. The Bertz CT molecular complexity index is 448. The van der Waals surface area contributed by atoms with Gasteiger partial charge in [-0.25, -0.2) is 0 Å². The summed E-state index contributed by atoms with van der Waals surface area (Å²) < 4.78 is 0. The summed E-state index contributed by atoms with van der Waals surface area (Å²) in [5.74, 6) is -0.243. The molecule has 1 atom stereocenters. The second-order valence-corrected chi connectivity index (χ2v) is 6.84. The molecule has 23 heavy (non-hydrogen) atoms. The SMILES string of the molecule is CC(=O)N(CC(=O)O)C1CCCN(C(=O)CCC2CCC2)CC1. The molecule has 6 nitrogen and oxygen atoms in total. The first kappa shape index (κ1) is 17.8. The van der Waals surface area contributed by atoms with E-state index in [-0.39, 0.29) is 24.4 Å². The number of carbonyl (C=O) groups is 3.